The molecule has 5 heteroatoms. The molecule has 1 saturated heterocycles. The Morgan fingerprint density at radius 2 is 2.39 bits per heavy atom. The number of halogens is 1. The molecule has 0 aliphatic carbocycles. The first-order chi connectivity index (χ1) is 8.75. The average molecular weight is 247 g/mol. The number of pyridine rings is 1. The molecule has 94 valence electrons. The number of benzene rings is 1. The van der Waals surface area contributed by atoms with Crippen LogP contribution in [0.4, 0.5) is 15.8 Å². The third kappa shape index (κ3) is 1.86. The second kappa shape index (κ2) is 4.42. The summed E-state index contributed by atoms with van der Waals surface area (Å²) in [7, 11) is 0. The second-order valence-electron chi connectivity index (χ2n) is 4.43. The van der Waals surface area contributed by atoms with E-state index < -0.39 is 0 Å². The molecule has 1 aliphatic heterocycles. The minimum Gasteiger partial charge on any atom is -0.398 e. The van der Waals surface area contributed by atoms with Crippen LogP contribution in [0, 0.1) is 5.82 Å². The third-order valence-electron chi connectivity index (χ3n) is 3.15. The van der Waals surface area contributed by atoms with Gasteiger partial charge in [-0.3, -0.25) is 4.98 Å². The highest BCUT2D eigenvalue weighted by Crippen LogP contribution is 2.30. The van der Waals surface area contributed by atoms with Gasteiger partial charge in [0.2, 0.25) is 0 Å². The van der Waals surface area contributed by atoms with Gasteiger partial charge in [-0.25, -0.2) is 4.39 Å². The summed E-state index contributed by atoms with van der Waals surface area (Å²) in [5.74, 6) is -0.370. The number of anilines is 2. The van der Waals surface area contributed by atoms with Crippen molar-refractivity contribution in [3.63, 3.8) is 0 Å². The molecule has 1 unspecified atom stereocenters. The first kappa shape index (κ1) is 11.2. The lowest BCUT2D eigenvalue weighted by atomic mass is 10.1. The molecule has 2 heterocycles. The fraction of sp³-hybridized carbons (Fsp3) is 0.308. The predicted octanol–water partition coefficient (Wildman–Crippen LogP) is 2.16. The number of rotatable bonds is 2. The summed E-state index contributed by atoms with van der Waals surface area (Å²) < 4.78 is 19.3. The van der Waals surface area contributed by atoms with Crippen LogP contribution >= 0.6 is 0 Å². The van der Waals surface area contributed by atoms with Gasteiger partial charge in [0.25, 0.3) is 0 Å². The van der Waals surface area contributed by atoms with E-state index in [0.29, 0.717) is 30.1 Å². The maximum Gasteiger partial charge on any atom is 0.150 e. The fourth-order valence-corrected chi connectivity index (χ4v) is 2.23. The van der Waals surface area contributed by atoms with E-state index in [0.717, 1.165) is 11.8 Å². The predicted molar refractivity (Wildman–Crippen MR) is 69.0 cm³/mol. The van der Waals surface area contributed by atoms with Gasteiger partial charge in [0.05, 0.1) is 23.9 Å². The molecule has 0 spiro atoms. The lowest BCUT2D eigenvalue weighted by Gasteiger charge is -2.15. The standard InChI is InChI=1S/C13H14FN3O/c14-10-6-11(15)9-2-1-4-16-12(9)13(10)17-8-3-5-18-7-8/h1-2,4,6,8,17H,3,5,7,15H2. The second-order valence-corrected chi connectivity index (χ2v) is 4.43. The van der Waals surface area contributed by atoms with Gasteiger partial charge in [-0.2, -0.15) is 0 Å². The van der Waals surface area contributed by atoms with E-state index >= 15 is 0 Å². The first-order valence-electron chi connectivity index (χ1n) is 5.92. The van der Waals surface area contributed by atoms with Gasteiger partial charge in [-0.1, -0.05) is 0 Å². The van der Waals surface area contributed by atoms with Crippen LogP contribution in [-0.2, 0) is 4.74 Å². The number of nitrogen functional groups attached to an aromatic ring is 1. The molecule has 0 radical (unpaired) electrons. The maximum absolute atomic E-state index is 14.0. The summed E-state index contributed by atoms with van der Waals surface area (Å²) in [6.45, 7) is 1.30. The van der Waals surface area contributed by atoms with Crippen molar-refractivity contribution in [1.82, 2.24) is 4.98 Å². The number of hydrogen-bond acceptors (Lipinski definition) is 4. The molecule has 1 fully saturated rings. The van der Waals surface area contributed by atoms with Crippen LogP contribution in [0.2, 0.25) is 0 Å². The highest BCUT2D eigenvalue weighted by Gasteiger charge is 2.19. The Morgan fingerprint density at radius 1 is 1.50 bits per heavy atom. The first-order valence-corrected chi connectivity index (χ1v) is 5.92. The molecule has 0 saturated carbocycles. The van der Waals surface area contributed by atoms with Gasteiger partial charge in [0.15, 0.2) is 5.82 Å². The van der Waals surface area contributed by atoms with Crippen LogP contribution in [0.3, 0.4) is 0 Å². The molecule has 4 nitrogen and oxygen atoms in total. The summed E-state index contributed by atoms with van der Waals surface area (Å²) in [5, 5.41) is 3.93. The molecule has 0 amide bonds. The zero-order chi connectivity index (χ0) is 12.5. The van der Waals surface area contributed by atoms with Gasteiger partial charge in [0.1, 0.15) is 0 Å². The Labute approximate surface area is 104 Å². The van der Waals surface area contributed by atoms with Crippen LogP contribution in [0.5, 0.6) is 0 Å². The van der Waals surface area contributed by atoms with Gasteiger partial charge in [-0.15, -0.1) is 0 Å². The van der Waals surface area contributed by atoms with E-state index in [1.165, 1.54) is 6.07 Å². The molecule has 1 atom stereocenters. The molecule has 1 aromatic carbocycles. The summed E-state index contributed by atoms with van der Waals surface area (Å²) in [6, 6.07) is 5.10. The Hall–Kier alpha value is -1.88. The summed E-state index contributed by atoms with van der Waals surface area (Å²) in [4.78, 5) is 4.22. The summed E-state index contributed by atoms with van der Waals surface area (Å²) in [5.41, 5.74) is 7.19. The Kier molecular flexibility index (Phi) is 2.76. The molecule has 0 bridgehead atoms. The molecule has 1 aliphatic rings. The van der Waals surface area contributed by atoms with Crippen molar-refractivity contribution in [2.24, 2.45) is 0 Å². The van der Waals surface area contributed by atoms with Gasteiger partial charge < -0.3 is 15.8 Å². The molecular formula is C13H14FN3O. The molecule has 2 aromatic rings. The number of hydrogen-bond donors (Lipinski definition) is 2. The van der Waals surface area contributed by atoms with Crippen molar-refractivity contribution in [3.8, 4) is 0 Å². The average Bonchev–Trinajstić information content (AvgIpc) is 2.87. The van der Waals surface area contributed by atoms with Crippen LogP contribution in [0.15, 0.2) is 24.4 Å². The van der Waals surface area contributed by atoms with Gasteiger partial charge >= 0.3 is 0 Å². The van der Waals surface area contributed by atoms with Crippen LogP contribution < -0.4 is 11.1 Å². The number of nitrogens with one attached hydrogen (secondary N) is 1. The highest BCUT2D eigenvalue weighted by molar-refractivity contribution is 5.98. The third-order valence-corrected chi connectivity index (χ3v) is 3.15. The Morgan fingerprint density at radius 3 is 3.17 bits per heavy atom. The fourth-order valence-electron chi connectivity index (χ4n) is 2.23. The van der Waals surface area contributed by atoms with Crippen molar-refractivity contribution in [3.05, 3.63) is 30.2 Å². The molecule has 3 rings (SSSR count). The highest BCUT2D eigenvalue weighted by atomic mass is 19.1. The largest absolute Gasteiger partial charge is 0.398 e. The van der Waals surface area contributed by atoms with Crippen molar-refractivity contribution in [2.45, 2.75) is 12.5 Å². The SMILES string of the molecule is Nc1cc(F)c(NC2CCOC2)c2ncccc12. The summed E-state index contributed by atoms with van der Waals surface area (Å²) in [6.07, 6.45) is 2.51. The molecular weight excluding hydrogens is 233 g/mol. The van der Waals surface area contributed by atoms with Crippen molar-refractivity contribution in [1.29, 1.82) is 0 Å². The summed E-state index contributed by atoms with van der Waals surface area (Å²) >= 11 is 0. The zero-order valence-corrected chi connectivity index (χ0v) is 9.82. The lowest BCUT2D eigenvalue weighted by Crippen LogP contribution is -2.20. The normalized spacial score (nSPS) is 19.3. The van der Waals surface area contributed by atoms with Crippen molar-refractivity contribution < 1.29 is 9.13 Å². The topological polar surface area (TPSA) is 60.2 Å². The van der Waals surface area contributed by atoms with E-state index in [2.05, 4.69) is 10.3 Å². The minimum atomic E-state index is -0.370. The molecule has 18 heavy (non-hydrogen) atoms. The van der Waals surface area contributed by atoms with E-state index in [9.17, 15) is 4.39 Å². The van der Waals surface area contributed by atoms with Crippen molar-refractivity contribution in [2.75, 3.05) is 24.3 Å². The quantitative estimate of drug-likeness (QED) is 0.798. The van der Waals surface area contributed by atoms with Gasteiger partial charge in [-0.05, 0) is 24.6 Å². The number of fused-ring (bicyclic) bond motifs is 1. The number of aromatic nitrogens is 1. The number of nitrogens with zero attached hydrogens (tertiary/aromatic N) is 1. The molecule has 1 aromatic heterocycles. The van der Waals surface area contributed by atoms with Crippen LogP contribution in [0.25, 0.3) is 10.9 Å². The minimum absolute atomic E-state index is 0.133. The van der Waals surface area contributed by atoms with E-state index in [-0.39, 0.29) is 11.9 Å². The van der Waals surface area contributed by atoms with E-state index in [1.807, 2.05) is 6.07 Å². The Bertz CT molecular complexity index is 582. The van der Waals surface area contributed by atoms with E-state index in [1.54, 1.807) is 12.3 Å². The molecule has 3 N–H and O–H groups in total. The number of nitrogens with two attached hydrogens (primary N) is 1. The maximum atomic E-state index is 14.0. The lowest BCUT2D eigenvalue weighted by molar-refractivity contribution is 0.195. The zero-order valence-electron chi connectivity index (χ0n) is 9.82. The van der Waals surface area contributed by atoms with E-state index in [4.69, 9.17) is 10.5 Å². The van der Waals surface area contributed by atoms with Gasteiger partial charge in [0, 0.05) is 23.9 Å². The van der Waals surface area contributed by atoms with Crippen molar-refractivity contribution >= 4 is 22.3 Å². The van der Waals surface area contributed by atoms with Crippen LogP contribution in [0.1, 0.15) is 6.42 Å². The van der Waals surface area contributed by atoms with Crippen LogP contribution in [-0.4, -0.2) is 24.2 Å². The Balaban J connectivity index is 2.09. The smallest absolute Gasteiger partial charge is 0.150 e. The monoisotopic (exact) mass is 247 g/mol. The number of ether oxygens (including phenoxy) is 1.